The first-order valence-electron chi connectivity index (χ1n) is 8.78. The average Bonchev–Trinajstić information content (AvgIpc) is 2.88. The summed E-state index contributed by atoms with van der Waals surface area (Å²) in [5.74, 6) is 0.432. The van der Waals surface area contributed by atoms with Crippen LogP contribution in [0.5, 0.6) is 0 Å². The molecule has 1 fully saturated rings. The largest absolute Gasteiger partial charge is 0.366 e. The van der Waals surface area contributed by atoms with Gasteiger partial charge in [0, 0.05) is 16.8 Å². The summed E-state index contributed by atoms with van der Waals surface area (Å²) in [5, 5.41) is 6.88. The minimum Gasteiger partial charge on any atom is -0.366 e. The smallest absolute Gasteiger partial charge is 0.275 e. The molecule has 6 heteroatoms. The van der Waals surface area contributed by atoms with Gasteiger partial charge >= 0.3 is 0 Å². The zero-order valence-corrected chi connectivity index (χ0v) is 15.1. The standard InChI is InChI=1S/C19H23ClN4O/c1-13-15(20)9-6-10-16(13)24-19(25)17-11-22-18(12-21-17)23-14-7-4-2-3-5-8-14/h6,9-12,14H,2-5,7-8H2,1H3,(H,22,23)(H,24,25). The zero-order chi connectivity index (χ0) is 17.6. The van der Waals surface area contributed by atoms with Crippen LogP contribution >= 0.6 is 11.6 Å². The highest BCUT2D eigenvalue weighted by Gasteiger charge is 2.14. The SMILES string of the molecule is Cc1c(Cl)cccc1NC(=O)c1cnc(NC2CCCCCC2)cn1. The summed E-state index contributed by atoms with van der Waals surface area (Å²) in [7, 11) is 0. The lowest BCUT2D eigenvalue weighted by atomic mass is 10.1. The minimum absolute atomic E-state index is 0.283. The average molecular weight is 359 g/mol. The molecule has 0 spiro atoms. The van der Waals surface area contributed by atoms with Crippen LogP contribution in [0, 0.1) is 6.92 Å². The second kappa shape index (κ2) is 8.30. The molecule has 1 aromatic heterocycles. The van der Waals surface area contributed by atoms with E-state index in [1.807, 2.05) is 13.0 Å². The van der Waals surface area contributed by atoms with Crippen LogP contribution in [0.25, 0.3) is 0 Å². The molecule has 1 amide bonds. The Kier molecular flexibility index (Phi) is 5.87. The van der Waals surface area contributed by atoms with Crippen molar-refractivity contribution in [2.45, 2.75) is 51.5 Å². The Labute approximate surface area is 153 Å². The van der Waals surface area contributed by atoms with E-state index in [2.05, 4.69) is 20.6 Å². The van der Waals surface area contributed by atoms with Gasteiger partial charge in [-0.3, -0.25) is 4.79 Å². The van der Waals surface area contributed by atoms with Crippen LogP contribution in [-0.4, -0.2) is 21.9 Å². The number of amides is 1. The fourth-order valence-corrected chi connectivity index (χ4v) is 3.26. The normalized spacial score (nSPS) is 15.4. The molecule has 1 aliphatic carbocycles. The van der Waals surface area contributed by atoms with Gasteiger partial charge in [-0.25, -0.2) is 9.97 Å². The molecule has 0 saturated heterocycles. The van der Waals surface area contributed by atoms with Crippen molar-refractivity contribution in [1.82, 2.24) is 9.97 Å². The van der Waals surface area contributed by atoms with Crippen LogP contribution < -0.4 is 10.6 Å². The molecular formula is C19H23ClN4O. The Hall–Kier alpha value is -2.14. The second-order valence-corrected chi connectivity index (χ2v) is 6.89. The van der Waals surface area contributed by atoms with Crippen molar-refractivity contribution in [3.8, 4) is 0 Å². The Morgan fingerprint density at radius 2 is 1.88 bits per heavy atom. The van der Waals surface area contributed by atoms with Gasteiger partial charge < -0.3 is 10.6 Å². The summed E-state index contributed by atoms with van der Waals surface area (Å²) in [6.07, 6.45) is 10.6. The fraction of sp³-hybridized carbons (Fsp3) is 0.421. The quantitative estimate of drug-likeness (QED) is 0.768. The van der Waals surface area contributed by atoms with Crippen LogP contribution in [0.1, 0.15) is 54.6 Å². The molecule has 25 heavy (non-hydrogen) atoms. The van der Waals surface area contributed by atoms with Crippen molar-refractivity contribution in [3.63, 3.8) is 0 Å². The van der Waals surface area contributed by atoms with E-state index in [0.29, 0.717) is 16.8 Å². The number of aromatic nitrogens is 2. The van der Waals surface area contributed by atoms with Crippen molar-refractivity contribution >= 4 is 29.0 Å². The van der Waals surface area contributed by atoms with Crippen molar-refractivity contribution in [2.75, 3.05) is 10.6 Å². The summed E-state index contributed by atoms with van der Waals surface area (Å²) in [6.45, 7) is 1.86. The number of halogens is 1. The van der Waals surface area contributed by atoms with Gasteiger partial charge in [-0.15, -0.1) is 0 Å². The van der Waals surface area contributed by atoms with Gasteiger partial charge in [-0.2, -0.15) is 0 Å². The molecule has 3 rings (SSSR count). The van der Waals surface area contributed by atoms with Gasteiger partial charge in [0.2, 0.25) is 0 Å². The highest BCUT2D eigenvalue weighted by molar-refractivity contribution is 6.31. The maximum atomic E-state index is 12.3. The third-order valence-electron chi connectivity index (χ3n) is 4.61. The fourth-order valence-electron chi connectivity index (χ4n) is 3.08. The Bertz CT molecular complexity index is 725. The number of rotatable bonds is 4. The molecule has 1 heterocycles. The zero-order valence-electron chi connectivity index (χ0n) is 14.4. The summed E-state index contributed by atoms with van der Waals surface area (Å²) >= 11 is 6.08. The Morgan fingerprint density at radius 1 is 1.12 bits per heavy atom. The van der Waals surface area contributed by atoms with Crippen LogP contribution in [0.2, 0.25) is 5.02 Å². The molecule has 2 aromatic rings. The highest BCUT2D eigenvalue weighted by atomic mass is 35.5. The van der Waals surface area contributed by atoms with Crippen molar-refractivity contribution in [1.29, 1.82) is 0 Å². The number of nitrogens with one attached hydrogen (secondary N) is 2. The maximum absolute atomic E-state index is 12.3. The number of hydrogen-bond acceptors (Lipinski definition) is 4. The number of hydrogen-bond donors (Lipinski definition) is 2. The Balaban J connectivity index is 1.63. The maximum Gasteiger partial charge on any atom is 0.275 e. The first-order chi connectivity index (χ1) is 12.1. The number of nitrogens with zero attached hydrogens (tertiary/aromatic N) is 2. The van der Waals surface area contributed by atoms with Gasteiger partial charge in [0.25, 0.3) is 5.91 Å². The van der Waals surface area contributed by atoms with Gasteiger partial charge in [-0.1, -0.05) is 43.4 Å². The lowest BCUT2D eigenvalue weighted by Crippen LogP contribution is -2.20. The second-order valence-electron chi connectivity index (χ2n) is 6.49. The topological polar surface area (TPSA) is 66.9 Å². The van der Waals surface area contributed by atoms with Crippen LogP contribution in [0.4, 0.5) is 11.5 Å². The van der Waals surface area contributed by atoms with E-state index >= 15 is 0 Å². The molecule has 132 valence electrons. The van der Waals surface area contributed by atoms with Gasteiger partial charge in [0.05, 0.1) is 12.4 Å². The van der Waals surface area contributed by atoms with E-state index in [0.717, 1.165) is 24.2 Å². The van der Waals surface area contributed by atoms with E-state index in [1.165, 1.54) is 31.9 Å². The van der Waals surface area contributed by atoms with Crippen molar-refractivity contribution < 1.29 is 4.79 Å². The molecule has 0 radical (unpaired) electrons. The van der Waals surface area contributed by atoms with Crippen molar-refractivity contribution in [3.05, 3.63) is 46.9 Å². The molecule has 0 unspecified atom stereocenters. The van der Waals surface area contributed by atoms with Crippen molar-refractivity contribution in [2.24, 2.45) is 0 Å². The molecular weight excluding hydrogens is 336 g/mol. The predicted molar refractivity (Wildman–Crippen MR) is 101 cm³/mol. The predicted octanol–water partition coefficient (Wildman–Crippen LogP) is 4.83. The van der Waals surface area contributed by atoms with Gasteiger partial charge in [0.15, 0.2) is 0 Å². The summed E-state index contributed by atoms with van der Waals surface area (Å²) < 4.78 is 0. The Morgan fingerprint density at radius 3 is 2.56 bits per heavy atom. The summed E-state index contributed by atoms with van der Waals surface area (Å²) in [6, 6.07) is 5.86. The third kappa shape index (κ3) is 4.69. The number of anilines is 2. The molecule has 1 aromatic carbocycles. The van der Waals surface area contributed by atoms with Gasteiger partial charge in [-0.05, 0) is 37.5 Å². The van der Waals surface area contributed by atoms with Gasteiger partial charge in [0.1, 0.15) is 11.5 Å². The molecule has 2 N–H and O–H groups in total. The van der Waals surface area contributed by atoms with Crippen LogP contribution in [-0.2, 0) is 0 Å². The first kappa shape index (κ1) is 17.7. The van der Waals surface area contributed by atoms with E-state index in [4.69, 9.17) is 11.6 Å². The lowest BCUT2D eigenvalue weighted by Gasteiger charge is -2.16. The highest BCUT2D eigenvalue weighted by Crippen LogP contribution is 2.23. The summed E-state index contributed by atoms with van der Waals surface area (Å²) in [4.78, 5) is 20.9. The summed E-state index contributed by atoms with van der Waals surface area (Å²) in [5.41, 5.74) is 1.79. The molecule has 0 bridgehead atoms. The van der Waals surface area contributed by atoms with E-state index in [-0.39, 0.29) is 11.6 Å². The van der Waals surface area contributed by atoms with Crippen LogP contribution in [0.3, 0.4) is 0 Å². The molecule has 1 saturated carbocycles. The van der Waals surface area contributed by atoms with E-state index in [9.17, 15) is 4.79 Å². The molecule has 0 atom stereocenters. The van der Waals surface area contributed by atoms with Crippen LogP contribution in [0.15, 0.2) is 30.6 Å². The monoisotopic (exact) mass is 358 g/mol. The molecule has 0 aliphatic heterocycles. The van der Waals surface area contributed by atoms with E-state index in [1.54, 1.807) is 18.3 Å². The first-order valence-corrected chi connectivity index (χ1v) is 9.16. The minimum atomic E-state index is -0.293. The number of carbonyl (C=O) groups excluding carboxylic acids is 1. The lowest BCUT2D eigenvalue weighted by molar-refractivity contribution is 0.102. The molecule has 5 nitrogen and oxygen atoms in total. The van der Waals surface area contributed by atoms with E-state index < -0.39 is 0 Å². The molecule has 1 aliphatic rings. The third-order valence-corrected chi connectivity index (χ3v) is 5.02. The number of benzene rings is 1. The number of carbonyl (C=O) groups is 1.